The Morgan fingerprint density at radius 3 is 2.76 bits per heavy atom. The normalized spacial score (nSPS) is 13.6. The Morgan fingerprint density at radius 2 is 2.05 bits per heavy atom. The fraction of sp³-hybridized carbons (Fsp3) is 0.333. The van der Waals surface area contributed by atoms with Gasteiger partial charge in [0.15, 0.2) is 5.16 Å². The van der Waals surface area contributed by atoms with E-state index in [1.54, 1.807) is 18.9 Å². The molecule has 110 valence electrons. The van der Waals surface area contributed by atoms with Crippen molar-refractivity contribution in [3.63, 3.8) is 0 Å². The molecule has 1 aromatic carbocycles. The number of nitrogens with one attached hydrogen (secondary N) is 2. The molecule has 0 atom stereocenters. The number of hydrogen-bond acceptors (Lipinski definition) is 6. The van der Waals surface area contributed by atoms with Crippen molar-refractivity contribution >= 4 is 23.3 Å². The van der Waals surface area contributed by atoms with Crippen LogP contribution in [0.25, 0.3) is 0 Å². The second-order valence-electron chi connectivity index (χ2n) is 4.76. The van der Waals surface area contributed by atoms with Crippen molar-refractivity contribution in [1.82, 2.24) is 15.3 Å². The summed E-state index contributed by atoms with van der Waals surface area (Å²) in [5.41, 5.74) is 3.30. The molecule has 1 aromatic heterocycles. The molecule has 2 N–H and O–H groups in total. The number of thioether (sulfide) groups is 1. The van der Waals surface area contributed by atoms with E-state index in [0.717, 1.165) is 53.2 Å². The number of hydrogen-bond donors (Lipinski definition) is 2. The van der Waals surface area contributed by atoms with Gasteiger partial charge in [0.25, 0.3) is 0 Å². The molecule has 21 heavy (non-hydrogen) atoms. The van der Waals surface area contributed by atoms with Crippen LogP contribution in [-0.4, -0.2) is 29.9 Å². The first-order chi connectivity index (χ1) is 10.3. The van der Waals surface area contributed by atoms with Crippen LogP contribution < -0.4 is 15.4 Å². The van der Waals surface area contributed by atoms with Gasteiger partial charge >= 0.3 is 0 Å². The number of benzene rings is 1. The summed E-state index contributed by atoms with van der Waals surface area (Å²) in [5, 5.41) is 7.59. The van der Waals surface area contributed by atoms with Crippen LogP contribution in [0.4, 0.5) is 11.5 Å². The summed E-state index contributed by atoms with van der Waals surface area (Å²) < 4.78 is 5.18. The topological polar surface area (TPSA) is 59.1 Å². The lowest BCUT2D eigenvalue weighted by Gasteiger charge is -2.20. The third-order valence-corrected chi connectivity index (χ3v) is 4.00. The lowest BCUT2D eigenvalue weighted by molar-refractivity contribution is 0.415. The summed E-state index contributed by atoms with van der Waals surface area (Å²) in [5.74, 6) is 1.73. The van der Waals surface area contributed by atoms with E-state index in [0.29, 0.717) is 0 Å². The Hall–Kier alpha value is -1.79. The van der Waals surface area contributed by atoms with Crippen molar-refractivity contribution in [2.75, 3.05) is 25.2 Å². The summed E-state index contributed by atoms with van der Waals surface area (Å²) in [4.78, 5) is 9.23. The van der Waals surface area contributed by atoms with Gasteiger partial charge in [-0.3, -0.25) is 0 Å². The maximum absolute atomic E-state index is 5.18. The highest BCUT2D eigenvalue weighted by Gasteiger charge is 2.17. The van der Waals surface area contributed by atoms with E-state index < -0.39 is 0 Å². The molecule has 1 aliphatic heterocycles. The first-order valence-electron chi connectivity index (χ1n) is 6.85. The number of fused-ring (bicyclic) bond motifs is 1. The van der Waals surface area contributed by atoms with E-state index in [4.69, 9.17) is 4.74 Å². The predicted molar refractivity (Wildman–Crippen MR) is 85.5 cm³/mol. The minimum atomic E-state index is 0.808. The zero-order valence-corrected chi connectivity index (χ0v) is 13.0. The van der Waals surface area contributed by atoms with Crippen LogP contribution in [-0.2, 0) is 13.0 Å². The third kappa shape index (κ3) is 3.11. The number of methoxy groups -OCH3 is 1. The molecule has 3 rings (SSSR count). The number of aromatic nitrogens is 2. The molecule has 0 unspecified atom stereocenters. The maximum Gasteiger partial charge on any atom is 0.189 e. The van der Waals surface area contributed by atoms with Gasteiger partial charge in [0, 0.05) is 30.8 Å². The molecule has 0 bridgehead atoms. The summed E-state index contributed by atoms with van der Waals surface area (Å²) in [7, 11) is 1.67. The molecule has 2 aromatic rings. The van der Waals surface area contributed by atoms with Crippen LogP contribution in [0.15, 0.2) is 29.4 Å². The number of anilines is 2. The third-order valence-electron chi connectivity index (χ3n) is 3.45. The van der Waals surface area contributed by atoms with Gasteiger partial charge in [0.05, 0.1) is 12.8 Å². The van der Waals surface area contributed by atoms with Crippen molar-refractivity contribution in [2.45, 2.75) is 18.1 Å². The van der Waals surface area contributed by atoms with Gasteiger partial charge in [0.1, 0.15) is 11.6 Å². The van der Waals surface area contributed by atoms with Crippen LogP contribution >= 0.6 is 11.8 Å². The molecule has 0 saturated heterocycles. The number of nitrogens with zero attached hydrogens (tertiary/aromatic N) is 2. The largest absolute Gasteiger partial charge is 0.497 e. The maximum atomic E-state index is 5.18. The molecule has 0 fully saturated rings. The van der Waals surface area contributed by atoms with Crippen molar-refractivity contribution in [2.24, 2.45) is 0 Å². The van der Waals surface area contributed by atoms with Crippen LogP contribution in [0.2, 0.25) is 0 Å². The molecule has 0 amide bonds. The number of rotatable bonds is 4. The first-order valence-corrected chi connectivity index (χ1v) is 8.08. The van der Waals surface area contributed by atoms with Gasteiger partial charge in [-0.05, 0) is 30.5 Å². The van der Waals surface area contributed by atoms with Gasteiger partial charge < -0.3 is 15.4 Å². The minimum absolute atomic E-state index is 0.808. The van der Waals surface area contributed by atoms with E-state index >= 15 is 0 Å². The highest BCUT2D eigenvalue weighted by molar-refractivity contribution is 7.98. The molecule has 0 aliphatic carbocycles. The SMILES string of the molecule is COc1ccc(Nc2nc(SC)nc3c2CNCC3)cc1. The van der Waals surface area contributed by atoms with Crippen molar-refractivity contribution in [3.05, 3.63) is 35.5 Å². The molecule has 0 radical (unpaired) electrons. The lowest BCUT2D eigenvalue weighted by Crippen LogP contribution is -2.26. The van der Waals surface area contributed by atoms with E-state index in [2.05, 4.69) is 20.6 Å². The molecule has 0 spiro atoms. The highest BCUT2D eigenvalue weighted by Crippen LogP contribution is 2.26. The Morgan fingerprint density at radius 1 is 1.24 bits per heavy atom. The van der Waals surface area contributed by atoms with Gasteiger partial charge in [-0.2, -0.15) is 0 Å². The van der Waals surface area contributed by atoms with Crippen LogP contribution in [0.5, 0.6) is 5.75 Å². The van der Waals surface area contributed by atoms with Crippen molar-refractivity contribution in [1.29, 1.82) is 0 Å². The summed E-state index contributed by atoms with van der Waals surface area (Å²) >= 11 is 1.57. The van der Waals surface area contributed by atoms with Gasteiger partial charge in [-0.15, -0.1) is 0 Å². The van der Waals surface area contributed by atoms with Crippen LogP contribution in [0.1, 0.15) is 11.3 Å². The average Bonchev–Trinajstić information content (AvgIpc) is 2.55. The smallest absolute Gasteiger partial charge is 0.189 e. The molecule has 0 saturated carbocycles. The molecule has 2 heterocycles. The molecule has 1 aliphatic rings. The van der Waals surface area contributed by atoms with Crippen LogP contribution in [0.3, 0.4) is 0 Å². The molecule has 5 nitrogen and oxygen atoms in total. The monoisotopic (exact) mass is 302 g/mol. The van der Waals surface area contributed by atoms with E-state index in [-0.39, 0.29) is 0 Å². The lowest BCUT2D eigenvalue weighted by atomic mass is 10.1. The Kier molecular flexibility index (Phi) is 4.26. The minimum Gasteiger partial charge on any atom is -0.497 e. The van der Waals surface area contributed by atoms with Crippen LogP contribution in [0, 0.1) is 0 Å². The van der Waals surface area contributed by atoms with Gasteiger partial charge in [-0.1, -0.05) is 11.8 Å². The second kappa shape index (κ2) is 6.32. The quantitative estimate of drug-likeness (QED) is 0.669. The Bertz CT molecular complexity index is 630. The standard InChI is InChI=1S/C15H18N4OS/c1-20-11-5-3-10(4-6-11)17-14-12-9-16-8-7-13(12)18-15(19-14)21-2/h3-6,16H,7-9H2,1-2H3,(H,17,18,19). The summed E-state index contributed by atoms with van der Waals surface area (Å²) in [6.07, 6.45) is 2.95. The Balaban J connectivity index is 1.92. The summed E-state index contributed by atoms with van der Waals surface area (Å²) in [6.45, 7) is 1.78. The fourth-order valence-corrected chi connectivity index (χ4v) is 2.71. The van der Waals surface area contributed by atoms with E-state index in [1.165, 1.54) is 0 Å². The Labute approximate surface area is 128 Å². The second-order valence-corrected chi connectivity index (χ2v) is 5.54. The number of ether oxygens (including phenoxy) is 1. The average molecular weight is 302 g/mol. The molecule has 6 heteroatoms. The molecular weight excluding hydrogens is 284 g/mol. The zero-order chi connectivity index (χ0) is 14.7. The molecular formula is C15H18N4OS. The van der Waals surface area contributed by atoms with E-state index in [1.807, 2.05) is 30.5 Å². The summed E-state index contributed by atoms with van der Waals surface area (Å²) in [6, 6.07) is 7.85. The first kappa shape index (κ1) is 14.2. The van der Waals surface area contributed by atoms with E-state index in [9.17, 15) is 0 Å². The fourth-order valence-electron chi connectivity index (χ4n) is 2.33. The predicted octanol–water partition coefficient (Wildman–Crippen LogP) is 2.60. The zero-order valence-electron chi connectivity index (χ0n) is 12.1. The van der Waals surface area contributed by atoms with Crippen molar-refractivity contribution < 1.29 is 4.74 Å². The highest BCUT2D eigenvalue weighted by atomic mass is 32.2. The van der Waals surface area contributed by atoms with Crippen molar-refractivity contribution in [3.8, 4) is 5.75 Å². The van der Waals surface area contributed by atoms with Gasteiger partial charge in [0.2, 0.25) is 0 Å². The van der Waals surface area contributed by atoms with Gasteiger partial charge in [-0.25, -0.2) is 9.97 Å².